The van der Waals surface area contributed by atoms with E-state index >= 15 is 0 Å². The molecule has 0 radical (unpaired) electrons. The SMILES string of the molecule is CCCCCCCCCCC[Si]1(Cl)N=N1. The van der Waals surface area contributed by atoms with Crippen LogP contribution in [0.4, 0.5) is 0 Å². The Hall–Kier alpha value is 0.107. The first-order valence-electron chi connectivity index (χ1n) is 6.40. The second-order valence-electron chi connectivity index (χ2n) is 4.50. The standard InChI is InChI=1S/C11H23ClN2Si/c1-2-3-4-5-6-7-8-9-10-11-15(12)13-14-15/h2-11H2,1H3. The molecule has 1 aliphatic heterocycles. The molecule has 0 aromatic heterocycles. The zero-order valence-corrected chi connectivity index (χ0v) is 11.6. The minimum atomic E-state index is -1.77. The van der Waals surface area contributed by atoms with Crippen molar-refractivity contribution >= 4 is 18.8 Å². The van der Waals surface area contributed by atoms with Crippen LogP contribution in [-0.2, 0) is 0 Å². The lowest BCUT2D eigenvalue weighted by atomic mass is 10.1. The van der Waals surface area contributed by atoms with Crippen LogP contribution in [0.5, 0.6) is 0 Å². The van der Waals surface area contributed by atoms with E-state index in [2.05, 4.69) is 16.5 Å². The molecule has 0 N–H and O–H groups in total. The van der Waals surface area contributed by atoms with E-state index in [9.17, 15) is 0 Å². The van der Waals surface area contributed by atoms with E-state index in [1.807, 2.05) is 0 Å². The summed E-state index contributed by atoms with van der Waals surface area (Å²) in [6.45, 7) is 2.26. The Morgan fingerprint density at radius 3 is 1.73 bits per heavy atom. The van der Waals surface area contributed by atoms with Crippen molar-refractivity contribution in [1.29, 1.82) is 0 Å². The summed E-state index contributed by atoms with van der Waals surface area (Å²) in [6.07, 6.45) is 12.3. The Bertz CT molecular complexity index is 191. The van der Waals surface area contributed by atoms with Crippen LogP contribution in [0.2, 0.25) is 6.04 Å². The lowest BCUT2D eigenvalue weighted by molar-refractivity contribution is 0.572. The van der Waals surface area contributed by atoms with Crippen LogP contribution in [0.15, 0.2) is 9.56 Å². The fourth-order valence-corrected chi connectivity index (χ4v) is 3.89. The topological polar surface area (TPSA) is 24.7 Å². The molecule has 0 bridgehead atoms. The summed E-state index contributed by atoms with van der Waals surface area (Å²) in [5.41, 5.74) is 0. The molecule has 0 spiro atoms. The zero-order chi connectivity index (χ0) is 11.0. The van der Waals surface area contributed by atoms with Gasteiger partial charge in [-0.25, -0.2) is 0 Å². The number of nitrogens with zero attached hydrogens (tertiary/aromatic N) is 2. The van der Waals surface area contributed by atoms with E-state index in [-0.39, 0.29) is 0 Å². The molecule has 1 aliphatic rings. The van der Waals surface area contributed by atoms with Crippen LogP contribution in [0.3, 0.4) is 0 Å². The van der Waals surface area contributed by atoms with Gasteiger partial charge < -0.3 is 0 Å². The van der Waals surface area contributed by atoms with Crippen LogP contribution < -0.4 is 0 Å². The molecular formula is C11H23ClN2Si. The first-order chi connectivity index (χ1) is 7.27. The van der Waals surface area contributed by atoms with Gasteiger partial charge in [-0.3, -0.25) is 0 Å². The summed E-state index contributed by atoms with van der Waals surface area (Å²) < 4.78 is 7.86. The van der Waals surface area contributed by atoms with Gasteiger partial charge in [0.25, 0.3) is 0 Å². The number of halogens is 1. The molecule has 0 atom stereocenters. The Morgan fingerprint density at radius 2 is 1.27 bits per heavy atom. The van der Waals surface area contributed by atoms with Crippen molar-refractivity contribution in [2.75, 3.05) is 0 Å². The van der Waals surface area contributed by atoms with Crippen molar-refractivity contribution in [3.63, 3.8) is 0 Å². The van der Waals surface area contributed by atoms with Crippen molar-refractivity contribution in [3.05, 3.63) is 0 Å². The highest BCUT2D eigenvalue weighted by molar-refractivity contribution is 7.21. The number of hydrogen-bond acceptors (Lipinski definition) is 2. The summed E-state index contributed by atoms with van der Waals surface area (Å²) in [5.74, 6) is 0. The predicted molar refractivity (Wildman–Crippen MR) is 68.5 cm³/mol. The Morgan fingerprint density at radius 1 is 0.800 bits per heavy atom. The van der Waals surface area contributed by atoms with E-state index in [4.69, 9.17) is 11.1 Å². The van der Waals surface area contributed by atoms with Crippen molar-refractivity contribution in [2.24, 2.45) is 9.56 Å². The zero-order valence-electron chi connectivity index (χ0n) is 9.84. The van der Waals surface area contributed by atoms with Gasteiger partial charge in [0, 0.05) is 0 Å². The monoisotopic (exact) mass is 246 g/mol. The van der Waals surface area contributed by atoms with Gasteiger partial charge in [0.15, 0.2) is 0 Å². The first-order valence-corrected chi connectivity index (χ1v) is 9.51. The molecule has 0 aromatic carbocycles. The third-order valence-electron chi connectivity index (χ3n) is 2.92. The highest BCUT2D eigenvalue weighted by Gasteiger charge is 2.42. The van der Waals surface area contributed by atoms with Crippen molar-refractivity contribution in [3.8, 4) is 0 Å². The highest BCUT2D eigenvalue weighted by Crippen LogP contribution is 2.33. The van der Waals surface area contributed by atoms with E-state index in [1.54, 1.807) is 0 Å². The van der Waals surface area contributed by atoms with Crippen LogP contribution in [-0.4, -0.2) is 7.71 Å². The number of hydrogen-bond donors (Lipinski definition) is 0. The molecule has 1 rings (SSSR count). The molecule has 15 heavy (non-hydrogen) atoms. The molecule has 88 valence electrons. The van der Waals surface area contributed by atoms with E-state index < -0.39 is 7.71 Å². The van der Waals surface area contributed by atoms with Crippen LogP contribution in [0.25, 0.3) is 0 Å². The lowest BCUT2D eigenvalue weighted by Gasteiger charge is -2.01. The lowest BCUT2D eigenvalue weighted by Crippen LogP contribution is -2.05. The molecule has 0 unspecified atom stereocenters. The van der Waals surface area contributed by atoms with Crippen molar-refractivity contribution < 1.29 is 0 Å². The van der Waals surface area contributed by atoms with Crippen LogP contribution >= 0.6 is 11.1 Å². The van der Waals surface area contributed by atoms with Gasteiger partial charge >= 0.3 is 7.71 Å². The highest BCUT2D eigenvalue weighted by atomic mass is 35.6. The summed E-state index contributed by atoms with van der Waals surface area (Å²) in [4.78, 5) is 0. The fourth-order valence-electron chi connectivity index (χ4n) is 1.81. The quantitative estimate of drug-likeness (QED) is 0.289. The molecule has 0 saturated carbocycles. The van der Waals surface area contributed by atoms with Crippen molar-refractivity contribution in [2.45, 2.75) is 70.8 Å². The average molecular weight is 247 g/mol. The van der Waals surface area contributed by atoms with Crippen LogP contribution in [0, 0.1) is 0 Å². The Labute approximate surface area is 99.4 Å². The van der Waals surface area contributed by atoms with Gasteiger partial charge in [0.1, 0.15) is 0 Å². The van der Waals surface area contributed by atoms with Gasteiger partial charge in [-0.1, -0.05) is 64.7 Å². The van der Waals surface area contributed by atoms with Gasteiger partial charge in [0.05, 0.1) is 0 Å². The maximum absolute atomic E-state index is 6.05. The molecule has 0 aliphatic carbocycles. The molecule has 0 amide bonds. The molecule has 0 saturated heterocycles. The minimum Gasteiger partial charge on any atom is -0.195 e. The average Bonchev–Trinajstić information content (AvgIpc) is 2.95. The van der Waals surface area contributed by atoms with E-state index in [0.29, 0.717) is 0 Å². The fraction of sp³-hybridized carbons (Fsp3) is 1.00. The minimum absolute atomic E-state index is 1.07. The number of unbranched alkanes of at least 4 members (excludes halogenated alkanes) is 8. The maximum atomic E-state index is 6.05. The van der Waals surface area contributed by atoms with Crippen LogP contribution in [0.1, 0.15) is 64.7 Å². The molecule has 4 heteroatoms. The normalized spacial score (nSPS) is 16.9. The smallest absolute Gasteiger partial charge is 0.195 e. The molecule has 0 fully saturated rings. The largest absolute Gasteiger partial charge is 0.440 e. The second-order valence-corrected chi connectivity index (χ2v) is 8.65. The molecule has 2 nitrogen and oxygen atoms in total. The van der Waals surface area contributed by atoms with Gasteiger partial charge in [0.2, 0.25) is 0 Å². The van der Waals surface area contributed by atoms with Gasteiger partial charge in [-0.15, -0.1) is 11.1 Å². The summed E-state index contributed by atoms with van der Waals surface area (Å²) in [5, 5.41) is 0. The third kappa shape index (κ3) is 7.07. The summed E-state index contributed by atoms with van der Waals surface area (Å²) >= 11 is 6.05. The Balaban J connectivity index is 1.70. The van der Waals surface area contributed by atoms with E-state index in [0.717, 1.165) is 6.04 Å². The van der Waals surface area contributed by atoms with Gasteiger partial charge in [-0.05, 0) is 6.04 Å². The summed E-state index contributed by atoms with van der Waals surface area (Å²) in [7, 11) is -1.77. The maximum Gasteiger partial charge on any atom is 0.440 e. The second kappa shape index (κ2) is 7.39. The van der Waals surface area contributed by atoms with Crippen molar-refractivity contribution in [1.82, 2.24) is 0 Å². The number of rotatable bonds is 10. The Kier molecular flexibility index (Phi) is 6.49. The summed E-state index contributed by atoms with van der Waals surface area (Å²) in [6, 6.07) is 1.07. The molecule has 0 aromatic rings. The molecular weight excluding hydrogens is 224 g/mol. The molecule has 1 heterocycles. The van der Waals surface area contributed by atoms with E-state index in [1.165, 1.54) is 57.8 Å². The van der Waals surface area contributed by atoms with Gasteiger partial charge in [-0.2, -0.15) is 9.56 Å². The predicted octanol–water partition coefficient (Wildman–Crippen LogP) is 5.16. The third-order valence-corrected chi connectivity index (χ3v) is 5.56. The first kappa shape index (κ1) is 13.2.